The van der Waals surface area contributed by atoms with Gasteiger partial charge in [0.05, 0.1) is 24.8 Å². The lowest BCUT2D eigenvalue weighted by Crippen LogP contribution is -2.48. The van der Waals surface area contributed by atoms with E-state index in [2.05, 4.69) is 42.6 Å². The molecule has 0 bridgehead atoms. The minimum atomic E-state index is -0.0869. The molecule has 0 amide bonds. The first-order valence-electron chi connectivity index (χ1n) is 10.6. The highest BCUT2D eigenvalue weighted by molar-refractivity contribution is 5.87. The molecule has 0 radical (unpaired) electrons. The quantitative estimate of drug-likeness (QED) is 0.808. The summed E-state index contributed by atoms with van der Waals surface area (Å²) in [5.41, 5.74) is 0.842. The SMILES string of the molecule is C[C@H](C1CCN(c2nc(C(C)(C)C)nc3c2cnn3C)CC1)N1CCOCC1. The predicted molar refractivity (Wildman–Crippen MR) is 112 cm³/mol. The molecule has 0 spiro atoms. The van der Waals surface area contributed by atoms with E-state index >= 15 is 0 Å². The first kappa shape index (κ1) is 19.6. The molecule has 2 aliphatic heterocycles. The minimum absolute atomic E-state index is 0.0869. The smallest absolute Gasteiger partial charge is 0.163 e. The van der Waals surface area contributed by atoms with E-state index in [0.29, 0.717) is 6.04 Å². The molecule has 4 heterocycles. The zero-order chi connectivity index (χ0) is 19.9. The summed E-state index contributed by atoms with van der Waals surface area (Å²) in [5, 5.41) is 5.51. The molecule has 1 atom stereocenters. The zero-order valence-electron chi connectivity index (χ0n) is 18.0. The molecule has 0 saturated carbocycles. The van der Waals surface area contributed by atoms with Gasteiger partial charge in [0.15, 0.2) is 5.65 Å². The van der Waals surface area contributed by atoms with Gasteiger partial charge in [-0.1, -0.05) is 20.8 Å². The van der Waals surface area contributed by atoms with Gasteiger partial charge in [-0.25, -0.2) is 9.97 Å². The lowest BCUT2D eigenvalue weighted by molar-refractivity contribution is 0.00448. The highest BCUT2D eigenvalue weighted by Crippen LogP contribution is 2.32. The van der Waals surface area contributed by atoms with Crippen LogP contribution in [0.1, 0.15) is 46.4 Å². The third-order valence-corrected chi connectivity index (χ3v) is 6.39. The fourth-order valence-electron chi connectivity index (χ4n) is 4.46. The standard InChI is InChI=1S/C21H34N6O/c1-15(26-10-12-28-13-11-26)16-6-8-27(9-7-16)19-17-14-22-25(5)18(17)23-20(24-19)21(2,3)4/h14-16H,6-13H2,1-5H3/t15-/m1/s1. The summed E-state index contributed by atoms with van der Waals surface area (Å²) >= 11 is 0. The normalized spacial score (nSPS) is 21.4. The van der Waals surface area contributed by atoms with Crippen LogP contribution in [0, 0.1) is 5.92 Å². The molecular formula is C21H34N6O. The number of aromatic nitrogens is 4. The molecule has 28 heavy (non-hydrogen) atoms. The van der Waals surface area contributed by atoms with E-state index in [0.717, 1.165) is 68.0 Å². The Bertz CT molecular complexity index is 812. The van der Waals surface area contributed by atoms with Crippen molar-refractivity contribution in [1.82, 2.24) is 24.6 Å². The molecule has 2 aromatic heterocycles. The van der Waals surface area contributed by atoms with Crippen LogP contribution in [0.15, 0.2) is 6.20 Å². The highest BCUT2D eigenvalue weighted by Gasteiger charge is 2.30. The lowest BCUT2D eigenvalue weighted by atomic mass is 9.89. The second kappa shape index (κ2) is 7.59. The van der Waals surface area contributed by atoms with E-state index in [9.17, 15) is 0 Å². The summed E-state index contributed by atoms with van der Waals surface area (Å²) < 4.78 is 7.39. The largest absolute Gasteiger partial charge is 0.379 e. The van der Waals surface area contributed by atoms with Crippen molar-refractivity contribution in [1.29, 1.82) is 0 Å². The molecule has 2 aliphatic rings. The summed E-state index contributed by atoms with van der Waals surface area (Å²) in [6.07, 6.45) is 4.32. The van der Waals surface area contributed by atoms with Crippen molar-refractivity contribution in [2.24, 2.45) is 13.0 Å². The second-order valence-electron chi connectivity index (χ2n) is 9.34. The van der Waals surface area contributed by atoms with Crippen molar-refractivity contribution in [2.45, 2.75) is 52.0 Å². The average Bonchev–Trinajstić information content (AvgIpc) is 3.08. The van der Waals surface area contributed by atoms with Crippen molar-refractivity contribution >= 4 is 16.9 Å². The van der Waals surface area contributed by atoms with Crippen LogP contribution in [-0.4, -0.2) is 70.1 Å². The number of anilines is 1. The molecule has 7 heteroatoms. The van der Waals surface area contributed by atoms with Gasteiger partial charge in [0.25, 0.3) is 0 Å². The van der Waals surface area contributed by atoms with Crippen molar-refractivity contribution in [2.75, 3.05) is 44.3 Å². The third kappa shape index (κ3) is 3.74. The number of rotatable bonds is 3. The summed E-state index contributed by atoms with van der Waals surface area (Å²) in [7, 11) is 1.96. The van der Waals surface area contributed by atoms with E-state index in [4.69, 9.17) is 14.7 Å². The summed E-state index contributed by atoms with van der Waals surface area (Å²) in [6.45, 7) is 14.9. The van der Waals surface area contributed by atoms with Gasteiger partial charge >= 0.3 is 0 Å². The maximum atomic E-state index is 5.52. The number of piperidine rings is 1. The van der Waals surface area contributed by atoms with Crippen LogP contribution in [0.2, 0.25) is 0 Å². The van der Waals surface area contributed by atoms with Gasteiger partial charge in [-0.2, -0.15) is 5.10 Å². The molecule has 4 rings (SSSR count). The first-order chi connectivity index (χ1) is 13.3. The Morgan fingerprint density at radius 3 is 2.39 bits per heavy atom. The Balaban J connectivity index is 1.53. The summed E-state index contributed by atoms with van der Waals surface area (Å²) in [6, 6.07) is 0.625. The topological polar surface area (TPSA) is 59.3 Å². The van der Waals surface area contributed by atoms with Crippen LogP contribution in [0.5, 0.6) is 0 Å². The third-order valence-electron chi connectivity index (χ3n) is 6.39. The van der Waals surface area contributed by atoms with E-state index < -0.39 is 0 Å². The van der Waals surface area contributed by atoms with E-state index in [-0.39, 0.29) is 5.41 Å². The van der Waals surface area contributed by atoms with Gasteiger partial charge in [-0.15, -0.1) is 0 Å². The summed E-state index contributed by atoms with van der Waals surface area (Å²) in [4.78, 5) is 14.9. The summed E-state index contributed by atoms with van der Waals surface area (Å²) in [5.74, 6) is 2.69. The average molecular weight is 387 g/mol. The molecule has 0 N–H and O–H groups in total. The number of hydrogen-bond donors (Lipinski definition) is 0. The van der Waals surface area contributed by atoms with Crippen LogP contribution >= 0.6 is 0 Å². The maximum absolute atomic E-state index is 5.52. The number of aryl methyl sites for hydroxylation is 1. The van der Waals surface area contributed by atoms with E-state index in [1.165, 1.54) is 12.8 Å². The number of nitrogens with zero attached hydrogens (tertiary/aromatic N) is 6. The van der Waals surface area contributed by atoms with E-state index in [1.807, 2.05) is 17.9 Å². The number of morpholine rings is 1. The molecule has 154 valence electrons. The van der Waals surface area contributed by atoms with Gasteiger partial charge in [0.1, 0.15) is 11.6 Å². The Hall–Kier alpha value is -1.73. The molecule has 2 aromatic rings. The molecule has 0 aliphatic carbocycles. The Kier molecular flexibility index (Phi) is 5.31. The Labute approximate surface area is 168 Å². The highest BCUT2D eigenvalue weighted by atomic mass is 16.5. The molecular weight excluding hydrogens is 352 g/mol. The molecule has 7 nitrogen and oxygen atoms in total. The number of hydrogen-bond acceptors (Lipinski definition) is 6. The van der Waals surface area contributed by atoms with Gasteiger partial charge in [0, 0.05) is 44.7 Å². The van der Waals surface area contributed by atoms with Crippen LogP contribution in [0.25, 0.3) is 11.0 Å². The zero-order valence-corrected chi connectivity index (χ0v) is 18.0. The Morgan fingerprint density at radius 2 is 1.75 bits per heavy atom. The fraction of sp³-hybridized carbons (Fsp3) is 0.762. The maximum Gasteiger partial charge on any atom is 0.163 e. The van der Waals surface area contributed by atoms with Gasteiger partial charge < -0.3 is 9.64 Å². The fourth-order valence-corrected chi connectivity index (χ4v) is 4.46. The molecule has 0 aromatic carbocycles. The van der Waals surface area contributed by atoms with Crippen molar-refractivity contribution in [3.05, 3.63) is 12.0 Å². The second-order valence-corrected chi connectivity index (χ2v) is 9.34. The van der Waals surface area contributed by atoms with Crippen LogP contribution in [0.4, 0.5) is 5.82 Å². The van der Waals surface area contributed by atoms with Crippen LogP contribution < -0.4 is 4.90 Å². The number of fused-ring (bicyclic) bond motifs is 1. The lowest BCUT2D eigenvalue weighted by Gasteiger charge is -2.41. The monoisotopic (exact) mass is 386 g/mol. The van der Waals surface area contributed by atoms with Crippen LogP contribution in [0.3, 0.4) is 0 Å². The van der Waals surface area contributed by atoms with Crippen molar-refractivity contribution in [3.63, 3.8) is 0 Å². The van der Waals surface area contributed by atoms with Crippen LogP contribution in [-0.2, 0) is 17.2 Å². The van der Waals surface area contributed by atoms with Crippen molar-refractivity contribution < 1.29 is 4.74 Å². The minimum Gasteiger partial charge on any atom is -0.379 e. The predicted octanol–water partition coefficient (Wildman–Crippen LogP) is 2.60. The molecule has 2 saturated heterocycles. The molecule has 0 unspecified atom stereocenters. The van der Waals surface area contributed by atoms with Gasteiger partial charge in [-0.05, 0) is 25.7 Å². The van der Waals surface area contributed by atoms with Gasteiger partial charge in [0.2, 0.25) is 0 Å². The first-order valence-corrected chi connectivity index (χ1v) is 10.6. The van der Waals surface area contributed by atoms with Crippen molar-refractivity contribution in [3.8, 4) is 0 Å². The van der Waals surface area contributed by atoms with E-state index in [1.54, 1.807) is 0 Å². The van der Waals surface area contributed by atoms with Gasteiger partial charge in [-0.3, -0.25) is 9.58 Å². The molecule has 2 fully saturated rings. The Morgan fingerprint density at radius 1 is 1.07 bits per heavy atom. The number of ether oxygens (including phenoxy) is 1.